The van der Waals surface area contributed by atoms with Crippen LogP contribution in [0.1, 0.15) is 235 Å². The standard InChI is InChI=1S/C12H17NO.C10H14.3C7H16.C6H14.2C4H10/c1-3-12(14)13-10(2)9-11-7-5-4-6-8-11;1-9(2)8-10-6-4-3-5-7-10;1-6(2)5-7(3)4;1-5-7(4)6(2)3;1-3-5-7-6-4-2;1-5(2)6(3)4;1-4(2)3;1-3-4-2/h4-8,10H,3,9H2,1-2H3,(H,13,14);3-7,9H,8H2,1-2H3;2*6-7H,5H2,1-4H3;3-7H2,1-2H3;5-6H,1-4H3;4H,1-3H3;3-4H2,1-2H3. The van der Waals surface area contributed by atoms with Crippen LogP contribution < -0.4 is 5.32 Å². The van der Waals surface area contributed by atoms with E-state index in [9.17, 15) is 4.79 Å². The van der Waals surface area contributed by atoms with Crippen molar-refractivity contribution in [2.24, 2.45) is 47.3 Å². The smallest absolute Gasteiger partial charge is 0.219 e. The van der Waals surface area contributed by atoms with Crippen LogP contribution in [0.2, 0.25) is 0 Å². The highest BCUT2D eigenvalue weighted by molar-refractivity contribution is 5.75. The number of carbonyl (C=O) groups is 1. The quantitative estimate of drug-likeness (QED) is 0.168. The predicted molar refractivity (Wildman–Crippen MR) is 277 cm³/mol. The van der Waals surface area contributed by atoms with Crippen LogP contribution in [0.3, 0.4) is 0 Å². The Bertz CT molecular complexity index is 985. The van der Waals surface area contributed by atoms with Crippen molar-refractivity contribution < 1.29 is 4.79 Å². The lowest BCUT2D eigenvalue weighted by Crippen LogP contribution is -2.33. The van der Waals surface area contributed by atoms with Gasteiger partial charge < -0.3 is 5.32 Å². The maximum absolute atomic E-state index is 11.1. The Morgan fingerprint density at radius 3 is 1.02 bits per heavy atom. The van der Waals surface area contributed by atoms with Crippen molar-refractivity contribution >= 4 is 5.91 Å². The minimum atomic E-state index is 0.119. The lowest BCUT2D eigenvalue weighted by atomic mass is 9.96. The van der Waals surface area contributed by atoms with E-state index in [4.69, 9.17) is 0 Å². The van der Waals surface area contributed by atoms with Gasteiger partial charge in [0.2, 0.25) is 5.91 Å². The largest absolute Gasteiger partial charge is 0.353 e. The molecule has 2 unspecified atom stereocenters. The number of carbonyl (C=O) groups excluding carboxylic acids is 1. The van der Waals surface area contributed by atoms with Gasteiger partial charge in [0.25, 0.3) is 0 Å². The molecule has 2 rings (SSSR count). The van der Waals surface area contributed by atoms with Crippen molar-refractivity contribution in [3.8, 4) is 0 Å². The molecule has 2 nitrogen and oxygen atoms in total. The third-order valence-corrected chi connectivity index (χ3v) is 9.37. The second-order valence-corrected chi connectivity index (χ2v) is 19.5. The normalized spacial score (nSPS) is 11.1. The number of unbranched alkanes of at least 4 members (excludes halogenated alkanes) is 5. The maximum atomic E-state index is 11.1. The summed E-state index contributed by atoms with van der Waals surface area (Å²) in [5, 5.41) is 2.94. The summed E-state index contributed by atoms with van der Waals surface area (Å²) in [6, 6.07) is 21.0. The van der Waals surface area contributed by atoms with Crippen molar-refractivity contribution in [1.82, 2.24) is 5.32 Å². The predicted octanol–water partition coefficient (Wildman–Crippen LogP) is 19.1. The lowest BCUT2D eigenvalue weighted by molar-refractivity contribution is -0.121. The van der Waals surface area contributed by atoms with Gasteiger partial charge in [0, 0.05) is 12.5 Å². The summed E-state index contributed by atoms with van der Waals surface area (Å²) in [6.45, 7) is 50.8. The van der Waals surface area contributed by atoms with Gasteiger partial charge in [-0.1, -0.05) is 264 Å². The van der Waals surface area contributed by atoms with Crippen LogP contribution in [-0.2, 0) is 17.6 Å². The van der Waals surface area contributed by atoms with Gasteiger partial charge in [-0.25, -0.2) is 0 Å². The zero-order valence-electron chi connectivity index (χ0n) is 44.9. The molecule has 0 aromatic heterocycles. The molecular formula is C57H113NO. The fraction of sp³-hybridized carbons (Fsp3) is 0.772. The molecule has 0 aliphatic rings. The Morgan fingerprint density at radius 2 is 0.814 bits per heavy atom. The molecule has 0 saturated heterocycles. The molecule has 0 radical (unpaired) electrons. The van der Waals surface area contributed by atoms with Gasteiger partial charge in [-0.3, -0.25) is 4.79 Å². The summed E-state index contributed by atoms with van der Waals surface area (Å²) >= 11 is 0. The van der Waals surface area contributed by atoms with Crippen molar-refractivity contribution in [1.29, 1.82) is 0 Å². The highest BCUT2D eigenvalue weighted by Gasteiger charge is 2.05. The van der Waals surface area contributed by atoms with Crippen LogP contribution >= 0.6 is 0 Å². The first-order valence-electron chi connectivity index (χ1n) is 24.9. The second kappa shape index (κ2) is 52.0. The van der Waals surface area contributed by atoms with Gasteiger partial charge in [-0.15, -0.1) is 0 Å². The molecule has 2 heteroatoms. The average molecular weight is 829 g/mol. The number of hydrogen-bond donors (Lipinski definition) is 1. The van der Waals surface area contributed by atoms with Crippen LogP contribution in [0, 0.1) is 47.3 Å². The molecule has 2 atom stereocenters. The molecule has 1 N–H and O–H groups in total. The first-order chi connectivity index (χ1) is 27.5. The zero-order chi connectivity index (χ0) is 47.2. The molecule has 0 fully saturated rings. The molecule has 0 bridgehead atoms. The summed E-state index contributed by atoms with van der Waals surface area (Å²) in [7, 11) is 0. The molecule has 59 heavy (non-hydrogen) atoms. The Labute approximate surface area is 376 Å². The highest BCUT2D eigenvalue weighted by Crippen LogP contribution is 2.12. The molecule has 0 spiro atoms. The number of amides is 1. The second-order valence-electron chi connectivity index (χ2n) is 19.5. The zero-order valence-corrected chi connectivity index (χ0v) is 44.9. The van der Waals surface area contributed by atoms with Crippen molar-refractivity contribution in [3.63, 3.8) is 0 Å². The Morgan fingerprint density at radius 1 is 0.458 bits per heavy atom. The van der Waals surface area contributed by atoms with Gasteiger partial charge in [-0.2, -0.15) is 0 Å². The first-order valence-corrected chi connectivity index (χ1v) is 24.9. The molecular weight excluding hydrogens is 715 g/mol. The molecule has 0 aliphatic carbocycles. The van der Waals surface area contributed by atoms with E-state index in [1.165, 1.54) is 75.3 Å². The van der Waals surface area contributed by atoms with Crippen LogP contribution in [0.25, 0.3) is 0 Å². The summed E-state index contributed by atoms with van der Waals surface area (Å²) < 4.78 is 0. The van der Waals surface area contributed by atoms with Gasteiger partial charge in [-0.05, 0) is 84.7 Å². The highest BCUT2D eigenvalue weighted by atomic mass is 16.1. The molecule has 2 aromatic carbocycles. The number of nitrogens with one attached hydrogen (secondary N) is 1. The van der Waals surface area contributed by atoms with Crippen LogP contribution in [0.15, 0.2) is 60.7 Å². The van der Waals surface area contributed by atoms with E-state index in [-0.39, 0.29) is 11.9 Å². The van der Waals surface area contributed by atoms with Gasteiger partial charge >= 0.3 is 0 Å². The molecule has 0 heterocycles. The van der Waals surface area contributed by atoms with Crippen LogP contribution in [0.4, 0.5) is 0 Å². The minimum absolute atomic E-state index is 0.119. The fourth-order valence-corrected chi connectivity index (χ4v) is 4.57. The van der Waals surface area contributed by atoms with Crippen LogP contribution in [0.5, 0.6) is 0 Å². The fourth-order valence-electron chi connectivity index (χ4n) is 4.57. The monoisotopic (exact) mass is 828 g/mol. The van der Waals surface area contributed by atoms with E-state index in [2.05, 4.69) is 193 Å². The van der Waals surface area contributed by atoms with Crippen molar-refractivity contribution in [3.05, 3.63) is 71.8 Å². The summed E-state index contributed by atoms with van der Waals surface area (Å²) in [6.07, 6.45) is 15.0. The topological polar surface area (TPSA) is 29.1 Å². The minimum Gasteiger partial charge on any atom is -0.353 e. The summed E-state index contributed by atoms with van der Waals surface area (Å²) in [5.41, 5.74) is 2.70. The number of hydrogen-bond acceptors (Lipinski definition) is 1. The summed E-state index contributed by atoms with van der Waals surface area (Å²) in [5.74, 6) is 6.94. The number of rotatable bonds is 16. The van der Waals surface area contributed by atoms with Gasteiger partial charge in [0.1, 0.15) is 0 Å². The number of benzene rings is 2. The van der Waals surface area contributed by atoms with E-state index in [0.717, 1.165) is 53.8 Å². The molecule has 1 amide bonds. The van der Waals surface area contributed by atoms with Crippen LogP contribution in [-0.4, -0.2) is 11.9 Å². The molecule has 352 valence electrons. The Balaban J connectivity index is -0.000000141. The molecule has 0 aliphatic heterocycles. The summed E-state index contributed by atoms with van der Waals surface area (Å²) in [4.78, 5) is 11.1. The van der Waals surface area contributed by atoms with E-state index in [1.54, 1.807) is 0 Å². The third kappa shape index (κ3) is 73.8. The van der Waals surface area contributed by atoms with E-state index >= 15 is 0 Å². The third-order valence-electron chi connectivity index (χ3n) is 9.37. The van der Waals surface area contributed by atoms with Gasteiger partial charge in [0.15, 0.2) is 0 Å². The maximum Gasteiger partial charge on any atom is 0.219 e. The molecule has 2 aromatic rings. The van der Waals surface area contributed by atoms with E-state index in [0.29, 0.717) is 6.42 Å². The van der Waals surface area contributed by atoms with Crippen molar-refractivity contribution in [2.75, 3.05) is 0 Å². The average Bonchev–Trinajstić information content (AvgIpc) is 3.15. The van der Waals surface area contributed by atoms with E-state index in [1.807, 2.05) is 32.0 Å². The Kier molecular flexibility index (Phi) is 60.6. The van der Waals surface area contributed by atoms with Crippen molar-refractivity contribution in [2.45, 2.75) is 242 Å². The van der Waals surface area contributed by atoms with Gasteiger partial charge in [0.05, 0.1) is 0 Å². The first kappa shape index (κ1) is 68.6. The molecule has 0 saturated carbocycles. The lowest BCUT2D eigenvalue weighted by Gasteiger charge is -2.12. The Hall–Kier alpha value is -2.09. The SMILES string of the molecule is CC(C)C.CC(C)C(C)C.CC(C)CC(C)C.CC(C)Cc1ccccc1.CCC(=O)NC(C)Cc1ccccc1.CCC(C)C(C)C.CCCC.CCCCCCC. The van der Waals surface area contributed by atoms with E-state index < -0.39 is 0 Å².